The number of hydrogen-bond acceptors (Lipinski definition) is 5. The van der Waals surface area contributed by atoms with E-state index in [9.17, 15) is 32.9 Å². The molecule has 0 radical (unpaired) electrons. The van der Waals surface area contributed by atoms with E-state index in [2.05, 4.69) is 0 Å². The number of alkyl halides is 3. The smallest absolute Gasteiger partial charge is 0.406 e. The molecule has 0 aliphatic rings. The standard InChI is InChI=1S/C17H15F3N2O5/c1-10-7-14(11(2)21(10)9-17(18,19)20)15(23)8-27-16(24)12-3-5-13(6-4-12)22(25)26/h3-7H,8-9H2,1-2H3. The number of Topliss-reactive ketones (excluding diaryl/α,β-unsaturated/α-hetero) is 1. The lowest BCUT2D eigenvalue weighted by atomic mass is 10.1. The molecule has 0 N–H and O–H groups in total. The number of ether oxygens (including phenoxy) is 1. The number of nitro groups is 1. The lowest BCUT2D eigenvalue weighted by molar-refractivity contribution is -0.384. The molecule has 2 aromatic rings. The highest BCUT2D eigenvalue weighted by Crippen LogP contribution is 2.23. The summed E-state index contributed by atoms with van der Waals surface area (Å²) in [5.74, 6) is -1.52. The van der Waals surface area contributed by atoms with Gasteiger partial charge in [-0.1, -0.05) is 0 Å². The summed E-state index contributed by atoms with van der Waals surface area (Å²) in [5.41, 5.74) is 0.222. The Morgan fingerprint density at radius 2 is 1.78 bits per heavy atom. The Bertz CT molecular complexity index is 885. The zero-order chi connectivity index (χ0) is 20.4. The number of aromatic nitrogens is 1. The summed E-state index contributed by atoms with van der Waals surface area (Å²) in [4.78, 5) is 34.1. The Morgan fingerprint density at radius 3 is 2.30 bits per heavy atom. The monoisotopic (exact) mass is 384 g/mol. The van der Waals surface area contributed by atoms with Gasteiger partial charge in [-0.05, 0) is 32.0 Å². The van der Waals surface area contributed by atoms with E-state index in [4.69, 9.17) is 4.74 Å². The first-order valence-electron chi connectivity index (χ1n) is 7.68. The second-order valence-electron chi connectivity index (χ2n) is 5.79. The van der Waals surface area contributed by atoms with E-state index in [0.29, 0.717) is 0 Å². The number of nitrogens with zero attached hydrogens (tertiary/aromatic N) is 2. The molecule has 0 fully saturated rings. The summed E-state index contributed by atoms with van der Waals surface area (Å²) in [5, 5.41) is 10.6. The van der Waals surface area contributed by atoms with E-state index < -0.39 is 36.0 Å². The molecule has 0 atom stereocenters. The first-order chi connectivity index (χ1) is 12.5. The molecule has 1 aromatic carbocycles. The molecule has 0 saturated carbocycles. The van der Waals surface area contributed by atoms with Gasteiger partial charge in [0.2, 0.25) is 5.78 Å². The van der Waals surface area contributed by atoms with Crippen LogP contribution in [0.25, 0.3) is 0 Å². The highest BCUT2D eigenvalue weighted by atomic mass is 19.4. The molecule has 27 heavy (non-hydrogen) atoms. The van der Waals surface area contributed by atoms with E-state index in [1.807, 2.05) is 0 Å². The molecule has 7 nitrogen and oxygen atoms in total. The fraction of sp³-hybridized carbons (Fsp3) is 0.294. The van der Waals surface area contributed by atoms with Crippen molar-refractivity contribution >= 4 is 17.4 Å². The van der Waals surface area contributed by atoms with Gasteiger partial charge in [-0.2, -0.15) is 13.2 Å². The van der Waals surface area contributed by atoms with Gasteiger partial charge in [-0.15, -0.1) is 0 Å². The molecule has 0 aliphatic heterocycles. The van der Waals surface area contributed by atoms with Crippen molar-refractivity contribution < 1.29 is 32.4 Å². The van der Waals surface area contributed by atoms with Gasteiger partial charge in [0.15, 0.2) is 6.61 Å². The fourth-order valence-corrected chi connectivity index (χ4v) is 2.52. The molecule has 0 amide bonds. The normalized spacial score (nSPS) is 11.3. The van der Waals surface area contributed by atoms with Crippen LogP contribution in [0.1, 0.15) is 32.1 Å². The van der Waals surface area contributed by atoms with Gasteiger partial charge in [0.1, 0.15) is 6.54 Å². The maximum atomic E-state index is 12.6. The number of halogens is 3. The first kappa shape index (κ1) is 20.1. The summed E-state index contributed by atoms with van der Waals surface area (Å²) < 4.78 is 43.7. The van der Waals surface area contributed by atoms with Gasteiger partial charge in [-0.25, -0.2) is 4.79 Å². The second-order valence-corrected chi connectivity index (χ2v) is 5.79. The molecule has 1 aromatic heterocycles. The van der Waals surface area contributed by atoms with E-state index >= 15 is 0 Å². The Morgan fingerprint density at radius 1 is 1.19 bits per heavy atom. The van der Waals surface area contributed by atoms with Crippen molar-refractivity contribution in [3.05, 3.63) is 63.0 Å². The minimum Gasteiger partial charge on any atom is -0.454 e. The maximum Gasteiger partial charge on any atom is 0.406 e. The molecule has 0 unspecified atom stereocenters. The first-order valence-corrected chi connectivity index (χ1v) is 7.68. The third-order valence-electron chi connectivity index (χ3n) is 3.86. The number of hydrogen-bond donors (Lipinski definition) is 0. The van der Waals surface area contributed by atoms with Gasteiger partial charge < -0.3 is 9.30 Å². The maximum absolute atomic E-state index is 12.6. The lowest BCUT2D eigenvalue weighted by Crippen LogP contribution is -2.20. The Labute approximate surface area is 151 Å². The lowest BCUT2D eigenvalue weighted by Gasteiger charge is -2.12. The second kappa shape index (κ2) is 7.60. The van der Waals surface area contributed by atoms with Crippen LogP contribution in [0.3, 0.4) is 0 Å². The van der Waals surface area contributed by atoms with Crippen molar-refractivity contribution in [2.75, 3.05) is 6.61 Å². The topological polar surface area (TPSA) is 91.4 Å². The highest BCUT2D eigenvalue weighted by molar-refractivity contribution is 6.00. The van der Waals surface area contributed by atoms with Crippen LogP contribution in [-0.2, 0) is 11.3 Å². The van der Waals surface area contributed by atoms with Gasteiger partial charge in [-0.3, -0.25) is 14.9 Å². The number of carbonyl (C=O) groups is 2. The molecule has 10 heteroatoms. The van der Waals surface area contributed by atoms with Crippen molar-refractivity contribution in [1.82, 2.24) is 4.57 Å². The fourth-order valence-electron chi connectivity index (χ4n) is 2.52. The molecule has 0 aliphatic carbocycles. The number of esters is 1. The van der Waals surface area contributed by atoms with Crippen molar-refractivity contribution in [2.45, 2.75) is 26.6 Å². The molecule has 0 spiro atoms. The van der Waals surface area contributed by atoms with Crippen LogP contribution >= 0.6 is 0 Å². The average molecular weight is 384 g/mol. The van der Waals surface area contributed by atoms with E-state index in [1.165, 1.54) is 32.0 Å². The number of non-ortho nitro benzene ring substituents is 1. The van der Waals surface area contributed by atoms with Crippen LogP contribution in [0, 0.1) is 24.0 Å². The molecule has 0 saturated heterocycles. The van der Waals surface area contributed by atoms with Crippen molar-refractivity contribution in [3.63, 3.8) is 0 Å². The summed E-state index contributed by atoms with van der Waals surface area (Å²) >= 11 is 0. The number of nitro benzene ring substituents is 1. The Kier molecular flexibility index (Phi) is 5.67. The molecule has 144 valence electrons. The highest BCUT2D eigenvalue weighted by Gasteiger charge is 2.30. The van der Waals surface area contributed by atoms with Crippen LogP contribution in [0.15, 0.2) is 30.3 Å². The summed E-state index contributed by atoms with van der Waals surface area (Å²) in [7, 11) is 0. The van der Waals surface area contributed by atoms with E-state index in [0.717, 1.165) is 16.7 Å². The molecule has 0 bridgehead atoms. The number of benzene rings is 1. The Balaban J connectivity index is 2.06. The average Bonchev–Trinajstić information content (AvgIpc) is 2.86. The van der Waals surface area contributed by atoms with Crippen molar-refractivity contribution in [3.8, 4) is 0 Å². The Hall–Kier alpha value is -3.17. The number of carbonyl (C=O) groups excluding carboxylic acids is 2. The van der Waals surface area contributed by atoms with Crippen molar-refractivity contribution in [1.29, 1.82) is 0 Å². The number of ketones is 1. The minimum absolute atomic E-state index is 0.0101. The van der Waals surface area contributed by atoms with Gasteiger partial charge in [0.05, 0.1) is 10.5 Å². The van der Waals surface area contributed by atoms with Gasteiger partial charge in [0.25, 0.3) is 5.69 Å². The zero-order valence-electron chi connectivity index (χ0n) is 14.4. The SMILES string of the molecule is Cc1cc(C(=O)COC(=O)c2ccc([N+](=O)[O-])cc2)c(C)n1CC(F)(F)F. The predicted molar refractivity (Wildman–Crippen MR) is 87.7 cm³/mol. The summed E-state index contributed by atoms with van der Waals surface area (Å²) in [6.45, 7) is 0.940. The minimum atomic E-state index is -4.43. The largest absolute Gasteiger partial charge is 0.454 e. The third-order valence-corrected chi connectivity index (χ3v) is 3.86. The molecular weight excluding hydrogens is 369 g/mol. The quantitative estimate of drug-likeness (QED) is 0.328. The van der Waals surface area contributed by atoms with Crippen LogP contribution in [0.4, 0.5) is 18.9 Å². The number of rotatable bonds is 6. The third kappa shape index (κ3) is 4.93. The van der Waals surface area contributed by atoms with Gasteiger partial charge >= 0.3 is 12.1 Å². The van der Waals surface area contributed by atoms with E-state index in [1.54, 1.807) is 0 Å². The van der Waals surface area contributed by atoms with Crippen LogP contribution < -0.4 is 0 Å². The van der Waals surface area contributed by atoms with E-state index in [-0.39, 0.29) is 28.2 Å². The van der Waals surface area contributed by atoms with Crippen LogP contribution in [0.5, 0.6) is 0 Å². The van der Waals surface area contributed by atoms with Crippen molar-refractivity contribution in [2.24, 2.45) is 0 Å². The number of aryl methyl sites for hydroxylation is 1. The summed E-state index contributed by atoms with van der Waals surface area (Å²) in [6, 6.07) is 5.90. The van der Waals surface area contributed by atoms with Gasteiger partial charge in [0, 0.05) is 29.1 Å². The molecule has 2 rings (SSSR count). The predicted octanol–water partition coefficient (Wildman–Crippen LogP) is 3.62. The van der Waals surface area contributed by atoms with Crippen LogP contribution in [-0.4, -0.2) is 34.0 Å². The molecular formula is C17H15F3N2O5. The molecule has 1 heterocycles. The zero-order valence-corrected chi connectivity index (χ0v) is 14.4. The van der Waals surface area contributed by atoms with Crippen LogP contribution in [0.2, 0.25) is 0 Å². The summed E-state index contributed by atoms with van der Waals surface area (Å²) in [6.07, 6.45) is -4.43.